The van der Waals surface area contributed by atoms with E-state index in [1.807, 2.05) is 66.7 Å². The molecule has 0 saturated heterocycles. The molecule has 0 fully saturated rings. The number of allylic oxidation sites excluding steroid dienone is 1. The van der Waals surface area contributed by atoms with E-state index in [1.165, 1.54) is 29.0 Å². The van der Waals surface area contributed by atoms with Gasteiger partial charge in [0.15, 0.2) is 4.80 Å². The summed E-state index contributed by atoms with van der Waals surface area (Å²) in [6, 6.07) is 29.6. The van der Waals surface area contributed by atoms with E-state index in [0.717, 1.165) is 46.4 Å². The van der Waals surface area contributed by atoms with E-state index in [2.05, 4.69) is 12.1 Å². The summed E-state index contributed by atoms with van der Waals surface area (Å²) in [6.07, 6.45) is 3.52. The third-order valence-corrected chi connectivity index (χ3v) is 8.81. The van der Waals surface area contributed by atoms with Crippen molar-refractivity contribution in [2.24, 2.45) is 4.99 Å². The first-order chi connectivity index (χ1) is 20.0. The molecule has 0 radical (unpaired) electrons. The zero-order chi connectivity index (χ0) is 27.9. The minimum Gasteiger partial charge on any atom is -0.488 e. The lowest BCUT2D eigenvalue weighted by Crippen LogP contribution is -2.38. The van der Waals surface area contributed by atoms with Gasteiger partial charge in [0.2, 0.25) is 0 Å². The van der Waals surface area contributed by atoms with E-state index < -0.39 is 0 Å². The van der Waals surface area contributed by atoms with Crippen LogP contribution in [0.15, 0.2) is 112 Å². The Kier molecular flexibility index (Phi) is 6.65. The molecule has 0 N–H and O–H groups in total. The molecule has 1 aliphatic carbocycles. The summed E-state index contributed by atoms with van der Waals surface area (Å²) >= 11 is 7.38. The minimum atomic E-state index is -0.353. The molecule has 1 aromatic heterocycles. The van der Waals surface area contributed by atoms with Gasteiger partial charge in [-0.25, -0.2) is 9.38 Å². The van der Waals surface area contributed by atoms with Crippen molar-refractivity contribution >= 4 is 34.7 Å². The number of nitrogens with zero attached hydrogens (tertiary/aromatic N) is 2. The molecule has 202 valence electrons. The maximum atomic E-state index is 14.0. The van der Waals surface area contributed by atoms with Gasteiger partial charge in [0.05, 0.1) is 16.3 Å². The maximum absolute atomic E-state index is 14.0. The summed E-state index contributed by atoms with van der Waals surface area (Å²) in [5.41, 5.74) is 6.89. The summed E-state index contributed by atoms with van der Waals surface area (Å²) in [5.74, 6) is 0.371. The molecular weight excluding hydrogens is 555 g/mol. The molecule has 0 unspecified atom stereocenters. The van der Waals surface area contributed by atoms with Crippen LogP contribution in [-0.2, 0) is 13.0 Å². The van der Waals surface area contributed by atoms with Crippen molar-refractivity contribution in [3.8, 4) is 5.75 Å². The van der Waals surface area contributed by atoms with E-state index in [-0.39, 0.29) is 17.4 Å². The van der Waals surface area contributed by atoms with Crippen molar-refractivity contribution in [2.45, 2.75) is 25.5 Å². The largest absolute Gasteiger partial charge is 0.488 e. The summed E-state index contributed by atoms with van der Waals surface area (Å²) in [6.45, 7) is 0.375. The lowest BCUT2D eigenvalue weighted by molar-refractivity contribution is 0.305. The van der Waals surface area contributed by atoms with Crippen molar-refractivity contribution in [2.75, 3.05) is 0 Å². The van der Waals surface area contributed by atoms with E-state index in [1.54, 1.807) is 16.7 Å². The van der Waals surface area contributed by atoms with Gasteiger partial charge in [-0.15, -0.1) is 0 Å². The van der Waals surface area contributed by atoms with Crippen LogP contribution < -0.4 is 19.6 Å². The van der Waals surface area contributed by atoms with Crippen LogP contribution in [0.3, 0.4) is 0 Å². The normalized spacial score (nSPS) is 16.0. The summed E-state index contributed by atoms with van der Waals surface area (Å²) < 4.78 is 22.4. The van der Waals surface area contributed by atoms with Crippen LogP contribution in [0.2, 0.25) is 5.02 Å². The topological polar surface area (TPSA) is 43.6 Å². The smallest absolute Gasteiger partial charge is 0.271 e. The molecule has 0 amide bonds. The molecule has 41 heavy (non-hydrogen) atoms. The molecule has 7 heteroatoms. The molecule has 2 aliphatic rings. The molecule has 1 aliphatic heterocycles. The Bertz CT molecular complexity index is 1990. The van der Waals surface area contributed by atoms with Crippen LogP contribution in [0.5, 0.6) is 5.75 Å². The van der Waals surface area contributed by atoms with Gasteiger partial charge in [-0.2, -0.15) is 0 Å². The predicted octanol–water partition coefficient (Wildman–Crippen LogP) is 6.69. The van der Waals surface area contributed by atoms with Crippen molar-refractivity contribution in [3.63, 3.8) is 0 Å². The number of hydrogen-bond donors (Lipinski definition) is 0. The fraction of sp³-hybridized carbons (Fsp3) is 0.118. The van der Waals surface area contributed by atoms with Gasteiger partial charge in [-0.1, -0.05) is 89.7 Å². The fourth-order valence-corrected chi connectivity index (χ4v) is 6.70. The highest BCUT2D eigenvalue weighted by Crippen LogP contribution is 2.41. The van der Waals surface area contributed by atoms with E-state index in [0.29, 0.717) is 26.7 Å². The van der Waals surface area contributed by atoms with E-state index >= 15 is 0 Å². The average Bonchev–Trinajstić information content (AvgIpc) is 3.31. The van der Waals surface area contributed by atoms with Gasteiger partial charge in [-0.05, 0) is 71.5 Å². The van der Waals surface area contributed by atoms with E-state index in [9.17, 15) is 9.18 Å². The van der Waals surface area contributed by atoms with Gasteiger partial charge >= 0.3 is 0 Å². The van der Waals surface area contributed by atoms with E-state index in [4.69, 9.17) is 21.3 Å². The average molecular weight is 579 g/mol. The SMILES string of the molecule is O=c1/c(=C/c2ccccc2OCc2ccc(Cl)cc2)sc2n1[C@@H](c1ccc(F)cc1)C1=C(N=2)c2ccccc2CC1. The third-order valence-electron chi connectivity index (χ3n) is 7.57. The summed E-state index contributed by atoms with van der Waals surface area (Å²) in [4.78, 5) is 19.7. The quantitative estimate of drug-likeness (QED) is 0.233. The van der Waals surface area contributed by atoms with Gasteiger partial charge in [0.25, 0.3) is 5.56 Å². The van der Waals surface area contributed by atoms with Crippen LogP contribution >= 0.6 is 22.9 Å². The van der Waals surface area contributed by atoms with Gasteiger partial charge < -0.3 is 4.74 Å². The van der Waals surface area contributed by atoms with Gasteiger partial charge in [-0.3, -0.25) is 9.36 Å². The molecule has 7 rings (SSSR count). The second-order valence-corrected chi connectivity index (χ2v) is 11.6. The highest BCUT2D eigenvalue weighted by atomic mass is 35.5. The molecule has 0 saturated carbocycles. The number of aromatic nitrogens is 1. The number of rotatable bonds is 5. The zero-order valence-corrected chi connectivity index (χ0v) is 23.5. The number of halogens is 2. The highest BCUT2D eigenvalue weighted by molar-refractivity contribution is 7.07. The summed E-state index contributed by atoms with van der Waals surface area (Å²) in [5, 5.41) is 0.675. The van der Waals surface area contributed by atoms with Crippen LogP contribution in [0.1, 0.15) is 40.3 Å². The fourth-order valence-electron chi connectivity index (χ4n) is 5.58. The number of thiazole rings is 1. The number of aryl methyl sites for hydroxylation is 1. The van der Waals surface area contributed by atoms with Crippen LogP contribution in [0, 0.1) is 5.82 Å². The molecule has 0 bridgehead atoms. The van der Waals surface area contributed by atoms with Crippen molar-refractivity contribution in [1.82, 2.24) is 4.57 Å². The zero-order valence-electron chi connectivity index (χ0n) is 21.9. The Labute approximate surface area is 245 Å². The number of ether oxygens (including phenoxy) is 1. The Balaban J connectivity index is 1.35. The highest BCUT2D eigenvalue weighted by Gasteiger charge is 2.32. The van der Waals surface area contributed by atoms with Gasteiger partial charge in [0, 0.05) is 16.1 Å². The molecule has 5 aromatic rings. The summed E-state index contributed by atoms with van der Waals surface area (Å²) in [7, 11) is 0. The van der Waals surface area contributed by atoms with Crippen molar-refractivity contribution in [1.29, 1.82) is 0 Å². The monoisotopic (exact) mass is 578 g/mol. The van der Waals surface area contributed by atoms with Crippen LogP contribution in [0.25, 0.3) is 11.8 Å². The molecular formula is C34H24ClFN2O2S. The number of hydrogen-bond acceptors (Lipinski definition) is 4. The minimum absolute atomic E-state index is 0.124. The van der Waals surface area contributed by atoms with Crippen LogP contribution in [0.4, 0.5) is 4.39 Å². The standard InChI is InChI=1S/C34H24ClFN2O2S/c35-25-14-9-21(10-15-25)20-40-29-8-4-2-6-24(29)19-30-33(39)38-32(23-11-16-26(36)17-12-23)28-18-13-22-5-1-3-7-27(22)31(28)37-34(38)41-30/h1-12,14-17,19,32H,13,18,20H2/b30-19-/t32-/m0/s1. The number of fused-ring (bicyclic) bond motifs is 3. The Morgan fingerprint density at radius 2 is 1.71 bits per heavy atom. The van der Waals surface area contributed by atoms with Crippen molar-refractivity contribution in [3.05, 3.63) is 161 Å². The second kappa shape index (κ2) is 10.6. The first kappa shape index (κ1) is 25.7. The lowest BCUT2D eigenvalue weighted by atomic mass is 9.83. The Hall–Kier alpha value is -4.26. The molecule has 4 aromatic carbocycles. The molecule has 4 nitrogen and oxygen atoms in total. The molecule has 1 atom stereocenters. The van der Waals surface area contributed by atoms with Crippen molar-refractivity contribution < 1.29 is 9.13 Å². The number of para-hydroxylation sites is 1. The molecule has 0 spiro atoms. The first-order valence-corrected chi connectivity index (χ1v) is 14.6. The predicted molar refractivity (Wildman–Crippen MR) is 161 cm³/mol. The maximum Gasteiger partial charge on any atom is 0.271 e. The van der Waals surface area contributed by atoms with Gasteiger partial charge in [0.1, 0.15) is 18.2 Å². The first-order valence-electron chi connectivity index (χ1n) is 13.4. The molecule has 2 heterocycles. The second-order valence-electron chi connectivity index (χ2n) is 10.1. The number of benzene rings is 4. The van der Waals surface area contributed by atoms with Crippen LogP contribution in [-0.4, -0.2) is 4.57 Å². The Morgan fingerprint density at radius 1 is 0.951 bits per heavy atom. The third kappa shape index (κ3) is 4.83. The Morgan fingerprint density at radius 3 is 2.54 bits per heavy atom. The lowest BCUT2D eigenvalue weighted by Gasteiger charge is -2.30.